The molecule has 2 atom stereocenters. The number of carbonyl (C=O) groups is 2. The third-order valence-electron chi connectivity index (χ3n) is 3.16. The summed E-state index contributed by atoms with van der Waals surface area (Å²) in [5.74, 6) is -1.33. The molecule has 2 amide bonds. The highest BCUT2D eigenvalue weighted by Gasteiger charge is 2.21. The molecule has 8 heteroatoms. The maximum absolute atomic E-state index is 12.2. The Hall–Kier alpha value is -1.67. The normalized spacial score (nSPS) is 13.2. The second-order valence-electron chi connectivity index (χ2n) is 5.07. The fourth-order valence-corrected chi connectivity index (χ4v) is 2.08. The van der Waals surface area contributed by atoms with Gasteiger partial charge in [-0.3, -0.25) is 14.8 Å². The monoisotopic (exact) mass is 344 g/mol. The minimum atomic E-state index is -0.525. The van der Waals surface area contributed by atoms with Gasteiger partial charge in [-0.05, 0) is 30.7 Å². The summed E-state index contributed by atoms with van der Waals surface area (Å²) in [6.07, 6.45) is 0.301. The minimum absolute atomic E-state index is 0.0773. The van der Waals surface area contributed by atoms with Crippen LogP contribution in [-0.2, 0) is 14.3 Å². The highest BCUT2D eigenvalue weighted by molar-refractivity contribution is 6.30. The predicted octanol–water partition coefficient (Wildman–Crippen LogP) is 1.59. The van der Waals surface area contributed by atoms with Gasteiger partial charge in [0.15, 0.2) is 0 Å². The summed E-state index contributed by atoms with van der Waals surface area (Å²) >= 11 is 5.79. The Kier molecular flexibility index (Phi) is 8.57. The average molecular weight is 345 g/mol. The van der Waals surface area contributed by atoms with Crippen LogP contribution in [0.5, 0.6) is 0 Å². The summed E-state index contributed by atoms with van der Waals surface area (Å²) in [4.78, 5) is 23.6. The van der Waals surface area contributed by atoms with Gasteiger partial charge < -0.3 is 14.8 Å². The lowest BCUT2D eigenvalue weighted by Crippen LogP contribution is -2.41. The number of benzene rings is 1. The Morgan fingerprint density at radius 3 is 2.52 bits per heavy atom. The van der Waals surface area contributed by atoms with E-state index in [1.807, 2.05) is 0 Å². The molecular weight excluding hydrogens is 324 g/mol. The molecule has 0 heterocycles. The first-order valence-electron chi connectivity index (χ1n) is 7.05. The fourth-order valence-electron chi connectivity index (χ4n) is 1.96. The van der Waals surface area contributed by atoms with Crippen LogP contribution in [0.1, 0.15) is 23.7 Å². The summed E-state index contributed by atoms with van der Waals surface area (Å²) in [6, 6.07) is 6.03. The molecule has 1 aromatic carbocycles. The third-order valence-corrected chi connectivity index (χ3v) is 3.41. The van der Waals surface area contributed by atoms with Crippen molar-refractivity contribution in [2.45, 2.75) is 19.4 Å². The number of methoxy groups -OCH3 is 1. The SMILES string of the molecule is COCOCC(CC(C)C(=O)NO)NC(=O)c1ccc(Cl)cc1. The van der Waals surface area contributed by atoms with Crippen molar-refractivity contribution in [3.05, 3.63) is 34.9 Å². The molecule has 0 fully saturated rings. The summed E-state index contributed by atoms with van der Waals surface area (Å²) in [6.45, 7) is 1.90. The van der Waals surface area contributed by atoms with Gasteiger partial charge in [0.1, 0.15) is 6.79 Å². The lowest BCUT2D eigenvalue weighted by atomic mass is 10.0. The van der Waals surface area contributed by atoms with Gasteiger partial charge >= 0.3 is 0 Å². The van der Waals surface area contributed by atoms with Gasteiger partial charge in [-0.2, -0.15) is 0 Å². The van der Waals surface area contributed by atoms with Crippen molar-refractivity contribution in [3.63, 3.8) is 0 Å². The zero-order valence-corrected chi connectivity index (χ0v) is 13.8. The quantitative estimate of drug-likeness (QED) is 0.273. The van der Waals surface area contributed by atoms with E-state index in [0.29, 0.717) is 17.0 Å². The van der Waals surface area contributed by atoms with E-state index in [0.717, 1.165) is 0 Å². The van der Waals surface area contributed by atoms with Crippen LogP contribution in [-0.4, -0.2) is 43.6 Å². The Balaban J connectivity index is 2.68. The van der Waals surface area contributed by atoms with E-state index in [-0.39, 0.29) is 19.3 Å². The Bertz CT molecular complexity index is 509. The van der Waals surface area contributed by atoms with Crippen LogP contribution in [0.2, 0.25) is 5.02 Å². The number of hydrogen-bond acceptors (Lipinski definition) is 5. The van der Waals surface area contributed by atoms with E-state index < -0.39 is 17.9 Å². The Labute approximate surface area is 139 Å². The molecule has 0 radical (unpaired) electrons. The van der Waals surface area contributed by atoms with E-state index >= 15 is 0 Å². The third kappa shape index (κ3) is 6.96. The first kappa shape index (κ1) is 19.4. The molecule has 1 rings (SSSR count). The summed E-state index contributed by atoms with van der Waals surface area (Å²) in [5, 5.41) is 12.0. The average Bonchev–Trinajstić information content (AvgIpc) is 2.54. The molecular formula is C15H21ClN2O5. The number of rotatable bonds is 9. The molecule has 0 aromatic heterocycles. The number of nitrogens with one attached hydrogen (secondary N) is 2. The molecule has 0 aliphatic rings. The summed E-state index contributed by atoms with van der Waals surface area (Å²) < 4.78 is 10.1. The number of ether oxygens (including phenoxy) is 2. The van der Waals surface area contributed by atoms with Crippen molar-refractivity contribution in [1.29, 1.82) is 0 Å². The zero-order valence-electron chi connectivity index (χ0n) is 13.0. The molecule has 0 spiro atoms. The van der Waals surface area contributed by atoms with Crippen molar-refractivity contribution in [1.82, 2.24) is 10.8 Å². The smallest absolute Gasteiger partial charge is 0.251 e. The topological polar surface area (TPSA) is 96.9 Å². The lowest BCUT2D eigenvalue weighted by Gasteiger charge is -2.21. The second-order valence-corrected chi connectivity index (χ2v) is 5.50. The molecule has 0 saturated carbocycles. The minimum Gasteiger partial charge on any atom is -0.359 e. The van der Waals surface area contributed by atoms with Crippen LogP contribution in [0, 0.1) is 5.92 Å². The number of carbonyl (C=O) groups excluding carboxylic acids is 2. The zero-order chi connectivity index (χ0) is 17.2. The van der Waals surface area contributed by atoms with Crippen molar-refractivity contribution in [3.8, 4) is 0 Å². The first-order valence-corrected chi connectivity index (χ1v) is 7.42. The molecule has 0 saturated heterocycles. The van der Waals surface area contributed by atoms with Gasteiger partial charge in [0.05, 0.1) is 12.6 Å². The predicted molar refractivity (Wildman–Crippen MR) is 84.2 cm³/mol. The van der Waals surface area contributed by atoms with Crippen LogP contribution in [0.15, 0.2) is 24.3 Å². The van der Waals surface area contributed by atoms with Gasteiger partial charge in [-0.15, -0.1) is 0 Å². The molecule has 23 heavy (non-hydrogen) atoms. The lowest BCUT2D eigenvalue weighted by molar-refractivity contribution is -0.133. The largest absolute Gasteiger partial charge is 0.359 e. The number of hydroxylamine groups is 1. The van der Waals surface area contributed by atoms with Gasteiger partial charge in [0, 0.05) is 23.6 Å². The second kappa shape index (κ2) is 10.2. The molecule has 0 aliphatic carbocycles. The van der Waals surface area contributed by atoms with Crippen molar-refractivity contribution in [2.75, 3.05) is 20.5 Å². The van der Waals surface area contributed by atoms with E-state index in [4.69, 9.17) is 26.3 Å². The maximum Gasteiger partial charge on any atom is 0.251 e. The van der Waals surface area contributed by atoms with E-state index in [2.05, 4.69) is 5.32 Å². The van der Waals surface area contributed by atoms with Gasteiger partial charge in [-0.1, -0.05) is 18.5 Å². The molecule has 2 unspecified atom stereocenters. The summed E-state index contributed by atoms with van der Waals surface area (Å²) in [5.41, 5.74) is 2.05. The number of halogens is 1. The van der Waals surface area contributed by atoms with Crippen LogP contribution in [0.25, 0.3) is 0 Å². The molecule has 0 aliphatic heterocycles. The first-order chi connectivity index (χ1) is 11.0. The van der Waals surface area contributed by atoms with Crippen LogP contribution < -0.4 is 10.8 Å². The van der Waals surface area contributed by atoms with Crippen molar-refractivity contribution in [2.24, 2.45) is 5.92 Å². The standard InChI is InChI=1S/C15H21ClN2O5/c1-10(14(19)18-21)7-13(8-23-9-22-2)17-15(20)11-3-5-12(16)6-4-11/h3-6,10,13,21H,7-9H2,1-2H3,(H,17,20)(H,18,19). The highest BCUT2D eigenvalue weighted by Crippen LogP contribution is 2.11. The van der Waals surface area contributed by atoms with Crippen molar-refractivity contribution < 1.29 is 24.3 Å². The van der Waals surface area contributed by atoms with Crippen molar-refractivity contribution >= 4 is 23.4 Å². The summed E-state index contributed by atoms with van der Waals surface area (Å²) in [7, 11) is 1.49. The van der Waals surface area contributed by atoms with Gasteiger partial charge in [0.2, 0.25) is 5.91 Å². The van der Waals surface area contributed by atoms with E-state index in [1.165, 1.54) is 7.11 Å². The van der Waals surface area contributed by atoms with Gasteiger partial charge in [-0.25, -0.2) is 5.48 Å². The molecule has 3 N–H and O–H groups in total. The molecule has 128 valence electrons. The molecule has 7 nitrogen and oxygen atoms in total. The molecule has 1 aromatic rings. The van der Waals surface area contributed by atoms with Crippen LogP contribution in [0.4, 0.5) is 0 Å². The number of amides is 2. The van der Waals surface area contributed by atoms with E-state index in [9.17, 15) is 9.59 Å². The van der Waals surface area contributed by atoms with E-state index in [1.54, 1.807) is 36.7 Å². The highest BCUT2D eigenvalue weighted by atomic mass is 35.5. The van der Waals surface area contributed by atoms with Gasteiger partial charge in [0.25, 0.3) is 5.91 Å². The number of hydrogen-bond donors (Lipinski definition) is 3. The fraction of sp³-hybridized carbons (Fsp3) is 0.467. The molecule has 0 bridgehead atoms. The Morgan fingerprint density at radius 1 is 1.30 bits per heavy atom. The van der Waals surface area contributed by atoms with Crippen LogP contribution >= 0.6 is 11.6 Å². The van der Waals surface area contributed by atoms with Crippen LogP contribution in [0.3, 0.4) is 0 Å². The maximum atomic E-state index is 12.2. The Morgan fingerprint density at radius 2 is 1.96 bits per heavy atom.